The van der Waals surface area contributed by atoms with Gasteiger partial charge in [-0.25, -0.2) is 13.2 Å². The van der Waals surface area contributed by atoms with E-state index in [-0.39, 0.29) is 0 Å². The molecule has 7 heteroatoms. The summed E-state index contributed by atoms with van der Waals surface area (Å²) in [5, 5.41) is 11.2. The number of nitrogens with one attached hydrogen (secondary N) is 1. The molecule has 0 fully saturated rings. The normalized spacial score (nSPS) is 13.5. The molecule has 6 nitrogen and oxygen atoms in total. The molecule has 1 heterocycles. The van der Waals surface area contributed by atoms with E-state index in [4.69, 9.17) is 10.8 Å². The van der Waals surface area contributed by atoms with Gasteiger partial charge in [-0.3, -0.25) is 0 Å². The second-order valence-electron chi connectivity index (χ2n) is 4.36. The molecule has 0 atom stereocenters. The lowest BCUT2D eigenvalue weighted by molar-refractivity contribution is -0.132. The highest BCUT2D eigenvalue weighted by Gasteiger charge is 2.05. The molecule has 0 aromatic heterocycles. The Hall–Kier alpha value is -2.12. The topological polar surface area (TPSA) is 109 Å². The molecule has 1 aliphatic rings. The fourth-order valence-electron chi connectivity index (χ4n) is 1.48. The maximum absolute atomic E-state index is 11.0. The summed E-state index contributed by atoms with van der Waals surface area (Å²) in [6.45, 7) is 0.857. The molecule has 1 aliphatic heterocycles. The zero-order valence-corrected chi connectivity index (χ0v) is 12.4. The lowest BCUT2D eigenvalue weighted by atomic mass is 10.2. The number of aliphatic carboxylic acids is 1. The Balaban J connectivity index is 0.000000219. The molecule has 1 aromatic carbocycles. The van der Waals surface area contributed by atoms with Crippen LogP contribution in [0, 0.1) is 0 Å². The van der Waals surface area contributed by atoms with E-state index in [0.29, 0.717) is 23.6 Å². The minimum absolute atomic E-state index is 0.333. The van der Waals surface area contributed by atoms with Gasteiger partial charge < -0.3 is 16.2 Å². The van der Waals surface area contributed by atoms with Crippen LogP contribution in [0.15, 0.2) is 53.1 Å². The van der Waals surface area contributed by atoms with Gasteiger partial charge in [-0.15, -0.1) is 0 Å². The highest BCUT2D eigenvalue weighted by atomic mass is 32.2. The van der Waals surface area contributed by atoms with E-state index < -0.39 is 15.8 Å². The first kappa shape index (κ1) is 16.9. The van der Waals surface area contributed by atoms with Crippen LogP contribution in [0.1, 0.15) is 5.56 Å². The van der Waals surface area contributed by atoms with Gasteiger partial charge in [-0.2, -0.15) is 0 Å². The van der Waals surface area contributed by atoms with Crippen molar-refractivity contribution in [1.82, 2.24) is 5.32 Å². The summed E-state index contributed by atoms with van der Waals surface area (Å²) in [6, 6.07) is 6.57. The molecule has 4 N–H and O–H groups in total. The first-order valence-electron chi connectivity index (χ1n) is 6.16. The lowest BCUT2D eigenvalue weighted by Crippen LogP contribution is -2.17. The van der Waals surface area contributed by atoms with Crippen molar-refractivity contribution in [3.05, 3.63) is 53.8 Å². The molecule has 0 spiro atoms. The maximum atomic E-state index is 11.0. The Morgan fingerprint density at radius 3 is 2.29 bits per heavy atom. The van der Waals surface area contributed by atoms with Crippen LogP contribution < -0.4 is 11.1 Å². The van der Waals surface area contributed by atoms with Gasteiger partial charge >= 0.3 is 5.97 Å². The van der Waals surface area contributed by atoms with Crippen molar-refractivity contribution in [3.8, 4) is 0 Å². The lowest BCUT2D eigenvalue weighted by Gasteiger charge is -2.04. The molecular weight excluding hydrogens is 292 g/mol. The summed E-state index contributed by atoms with van der Waals surface area (Å²) >= 11 is 0. The molecule has 2 rings (SSSR count). The molecule has 0 saturated heterocycles. The smallest absolute Gasteiger partial charge is 0.333 e. The summed E-state index contributed by atoms with van der Waals surface area (Å²) in [5.74, 6) is -0.855. The second-order valence-corrected chi connectivity index (χ2v) is 6.37. The summed E-state index contributed by atoms with van der Waals surface area (Å²) in [4.78, 5) is 10.5. The number of hydrogen-bond acceptors (Lipinski definition) is 5. The fourth-order valence-corrected chi connectivity index (χ4v) is 2.11. The van der Waals surface area contributed by atoms with E-state index in [9.17, 15) is 13.2 Å². The summed E-state index contributed by atoms with van der Waals surface area (Å²) in [6.07, 6.45) is 6.16. The number of carboxylic acid groups (broad SMARTS) is 1. The number of carboxylic acids is 1. The van der Waals surface area contributed by atoms with Crippen molar-refractivity contribution >= 4 is 15.8 Å². The molecular formula is C14H18N2O4S. The number of carbonyl (C=O) groups is 1. The highest BCUT2D eigenvalue weighted by Crippen LogP contribution is 2.09. The molecule has 0 saturated carbocycles. The van der Waals surface area contributed by atoms with Crippen molar-refractivity contribution in [2.24, 2.45) is 5.73 Å². The number of dihydropyridines is 1. The van der Waals surface area contributed by atoms with Crippen LogP contribution in [0.4, 0.5) is 0 Å². The Morgan fingerprint density at radius 2 is 1.95 bits per heavy atom. The van der Waals surface area contributed by atoms with E-state index in [1.807, 2.05) is 0 Å². The van der Waals surface area contributed by atoms with Gasteiger partial charge in [-0.1, -0.05) is 12.1 Å². The molecule has 1 aromatic rings. The van der Waals surface area contributed by atoms with Gasteiger partial charge in [0.05, 0.1) is 10.5 Å². The number of nitrogens with two attached hydrogens (primary N) is 1. The number of sulfone groups is 1. The van der Waals surface area contributed by atoms with E-state index in [2.05, 4.69) is 5.32 Å². The molecule has 0 aliphatic carbocycles. The average molecular weight is 310 g/mol. The quantitative estimate of drug-likeness (QED) is 0.757. The summed E-state index contributed by atoms with van der Waals surface area (Å²) in [5.41, 5.74) is 6.69. The molecule has 114 valence electrons. The Labute approximate surface area is 123 Å². The van der Waals surface area contributed by atoms with Gasteiger partial charge in [0.2, 0.25) is 0 Å². The van der Waals surface area contributed by atoms with Crippen LogP contribution >= 0.6 is 0 Å². The largest absolute Gasteiger partial charge is 0.478 e. The number of hydrogen-bond donors (Lipinski definition) is 3. The predicted molar refractivity (Wildman–Crippen MR) is 80.3 cm³/mol. The Bertz CT molecular complexity index is 646. The van der Waals surface area contributed by atoms with Gasteiger partial charge in [0.1, 0.15) is 0 Å². The van der Waals surface area contributed by atoms with E-state index in [1.54, 1.807) is 42.6 Å². The van der Waals surface area contributed by atoms with Crippen LogP contribution in [-0.2, 0) is 21.2 Å². The highest BCUT2D eigenvalue weighted by molar-refractivity contribution is 7.90. The molecule has 21 heavy (non-hydrogen) atoms. The summed E-state index contributed by atoms with van der Waals surface area (Å²) < 4.78 is 22.0. The number of allylic oxidation sites excluding steroid dienone is 2. The molecule has 0 unspecified atom stereocenters. The molecule has 0 bridgehead atoms. The first-order chi connectivity index (χ1) is 9.84. The van der Waals surface area contributed by atoms with Crippen molar-refractivity contribution in [2.45, 2.75) is 11.4 Å². The van der Waals surface area contributed by atoms with Gasteiger partial charge in [0.15, 0.2) is 9.84 Å². The Morgan fingerprint density at radius 1 is 1.33 bits per heavy atom. The zero-order chi connectivity index (χ0) is 15.9. The monoisotopic (exact) mass is 310 g/mol. The van der Waals surface area contributed by atoms with E-state index in [0.717, 1.165) is 5.56 Å². The van der Waals surface area contributed by atoms with Crippen LogP contribution in [0.5, 0.6) is 0 Å². The van der Waals surface area contributed by atoms with Crippen LogP contribution in [-0.4, -0.2) is 32.3 Å². The minimum atomic E-state index is -3.07. The summed E-state index contributed by atoms with van der Waals surface area (Å²) in [7, 11) is -3.07. The van der Waals surface area contributed by atoms with Gasteiger partial charge in [-0.05, 0) is 36.0 Å². The Kier molecular flexibility index (Phi) is 6.13. The molecule has 0 radical (unpaired) electrons. The van der Waals surface area contributed by atoms with Crippen molar-refractivity contribution in [3.63, 3.8) is 0 Å². The third-order valence-electron chi connectivity index (χ3n) is 2.67. The third kappa shape index (κ3) is 5.80. The van der Waals surface area contributed by atoms with Gasteiger partial charge in [0, 0.05) is 19.3 Å². The zero-order valence-electron chi connectivity index (χ0n) is 11.6. The second kappa shape index (κ2) is 7.61. The van der Waals surface area contributed by atoms with Crippen molar-refractivity contribution in [1.29, 1.82) is 0 Å². The first-order valence-corrected chi connectivity index (χ1v) is 8.05. The van der Waals surface area contributed by atoms with Crippen LogP contribution in [0.3, 0.4) is 0 Å². The number of benzene rings is 1. The standard InChI is InChI=1S/C8H11NO2S.C6H7NO2/c1-12(10,11)8-4-2-7(6-9)3-5-8;8-6(9)5-2-1-3-7-4-5/h2-5H,6,9H2,1H3;1-3,7H,4H2,(H,8,9). The maximum Gasteiger partial charge on any atom is 0.333 e. The van der Waals surface area contributed by atoms with E-state index in [1.165, 1.54) is 6.26 Å². The average Bonchev–Trinajstić information content (AvgIpc) is 2.48. The number of rotatable bonds is 3. The third-order valence-corrected chi connectivity index (χ3v) is 3.79. The minimum Gasteiger partial charge on any atom is -0.478 e. The van der Waals surface area contributed by atoms with Crippen LogP contribution in [0.25, 0.3) is 0 Å². The van der Waals surface area contributed by atoms with Crippen molar-refractivity contribution < 1.29 is 18.3 Å². The SMILES string of the molecule is CS(=O)(=O)c1ccc(CN)cc1.O=C(O)C1=CC=CNC1. The predicted octanol–water partition coefficient (Wildman–Crippen LogP) is 0.663. The molecule has 0 amide bonds. The van der Waals surface area contributed by atoms with Gasteiger partial charge in [0.25, 0.3) is 0 Å². The van der Waals surface area contributed by atoms with Crippen LogP contribution in [0.2, 0.25) is 0 Å². The van der Waals surface area contributed by atoms with E-state index >= 15 is 0 Å². The fraction of sp³-hybridized carbons (Fsp3) is 0.214. The van der Waals surface area contributed by atoms with Crippen molar-refractivity contribution in [2.75, 3.05) is 12.8 Å².